The molecular weight excluding hydrogens is 383 g/mol. The lowest BCUT2D eigenvalue weighted by molar-refractivity contribution is -0.137. The maximum absolute atomic E-state index is 12.8. The Morgan fingerprint density at radius 2 is 1.78 bits per heavy atom. The van der Waals surface area contributed by atoms with Gasteiger partial charge in [-0.1, -0.05) is 24.6 Å². The van der Waals surface area contributed by atoms with E-state index in [-0.39, 0.29) is 10.7 Å². The van der Waals surface area contributed by atoms with Crippen LogP contribution in [0.4, 0.5) is 18.9 Å². The summed E-state index contributed by atoms with van der Waals surface area (Å²) in [5, 5.41) is 2.50. The number of alkyl halides is 3. The summed E-state index contributed by atoms with van der Waals surface area (Å²) in [5.41, 5.74) is -0.129. The van der Waals surface area contributed by atoms with Crippen molar-refractivity contribution in [2.75, 3.05) is 19.5 Å². The van der Waals surface area contributed by atoms with Crippen molar-refractivity contribution in [2.24, 2.45) is 5.92 Å². The second kappa shape index (κ2) is 8.52. The van der Waals surface area contributed by atoms with Crippen LogP contribution in [-0.2, 0) is 17.4 Å². The fourth-order valence-corrected chi connectivity index (χ4v) is 2.67. The number of carbonyl (C=O) groups excluding carboxylic acids is 1. The second-order valence-corrected chi connectivity index (χ2v) is 6.38. The Morgan fingerprint density at radius 1 is 1.11 bits per heavy atom. The number of rotatable bonds is 6. The van der Waals surface area contributed by atoms with Crippen molar-refractivity contribution in [2.45, 2.75) is 19.5 Å². The molecule has 2 aromatic rings. The third kappa shape index (κ3) is 5.29. The summed E-state index contributed by atoms with van der Waals surface area (Å²) < 4.78 is 48.9. The summed E-state index contributed by atoms with van der Waals surface area (Å²) in [6.45, 7) is 1.67. The van der Waals surface area contributed by atoms with Crippen LogP contribution in [0.15, 0.2) is 36.4 Å². The Kier molecular flexibility index (Phi) is 6.59. The molecule has 0 saturated carbocycles. The Labute approximate surface area is 160 Å². The van der Waals surface area contributed by atoms with Crippen molar-refractivity contribution in [1.82, 2.24) is 0 Å². The van der Waals surface area contributed by atoms with Crippen LogP contribution in [0, 0.1) is 5.92 Å². The third-order valence-corrected chi connectivity index (χ3v) is 4.32. The molecule has 0 aliphatic carbocycles. The standard InChI is InChI=1S/C19H19ClF3NO3/c1-11(8-12-4-7-16(26-2)17(9-12)27-3)18(25)24-15-10-13(19(21,22)23)5-6-14(15)20/h4-7,9-11H,8H2,1-3H3,(H,24,25). The van der Waals surface area contributed by atoms with Gasteiger partial charge in [-0.2, -0.15) is 13.2 Å². The Balaban J connectivity index is 2.12. The molecule has 1 atom stereocenters. The molecule has 1 amide bonds. The van der Waals surface area contributed by atoms with E-state index >= 15 is 0 Å². The number of methoxy groups -OCH3 is 2. The van der Waals surface area contributed by atoms with E-state index in [2.05, 4.69) is 5.32 Å². The Hall–Kier alpha value is -2.41. The molecule has 1 N–H and O–H groups in total. The van der Waals surface area contributed by atoms with E-state index in [0.717, 1.165) is 23.8 Å². The van der Waals surface area contributed by atoms with Crippen molar-refractivity contribution >= 4 is 23.2 Å². The summed E-state index contributed by atoms with van der Waals surface area (Å²) in [4.78, 5) is 12.4. The van der Waals surface area contributed by atoms with E-state index in [1.54, 1.807) is 25.1 Å². The van der Waals surface area contributed by atoms with Gasteiger partial charge in [-0.15, -0.1) is 0 Å². The van der Waals surface area contributed by atoms with Gasteiger partial charge in [0, 0.05) is 5.92 Å². The predicted molar refractivity (Wildman–Crippen MR) is 97.5 cm³/mol. The number of hydrogen-bond donors (Lipinski definition) is 1. The summed E-state index contributed by atoms with van der Waals surface area (Å²) >= 11 is 5.92. The van der Waals surface area contributed by atoms with Gasteiger partial charge in [0.05, 0.1) is 30.5 Å². The molecule has 2 aromatic carbocycles. The maximum Gasteiger partial charge on any atom is 0.416 e. The number of carbonyl (C=O) groups is 1. The molecule has 4 nitrogen and oxygen atoms in total. The normalized spacial score (nSPS) is 12.4. The molecule has 0 fully saturated rings. The lowest BCUT2D eigenvalue weighted by Crippen LogP contribution is -2.22. The zero-order valence-corrected chi connectivity index (χ0v) is 15.7. The van der Waals surface area contributed by atoms with E-state index in [4.69, 9.17) is 21.1 Å². The molecule has 8 heteroatoms. The van der Waals surface area contributed by atoms with E-state index in [0.29, 0.717) is 17.9 Å². The van der Waals surface area contributed by atoms with E-state index in [9.17, 15) is 18.0 Å². The minimum Gasteiger partial charge on any atom is -0.493 e. The highest BCUT2D eigenvalue weighted by Crippen LogP contribution is 2.34. The number of nitrogens with one attached hydrogen (secondary N) is 1. The number of ether oxygens (including phenoxy) is 2. The summed E-state index contributed by atoms with van der Waals surface area (Å²) in [6, 6.07) is 8.07. The molecule has 2 rings (SSSR count). The van der Waals surface area contributed by atoms with Crippen LogP contribution in [0.5, 0.6) is 11.5 Å². The molecule has 0 radical (unpaired) electrons. The second-order valence-electron chi connectivity index (χ2n) is 5.98. The third-order valence-electron chi connectivity index (χ3n) is 3.99. The highest BCUT2D eigenvalue weighted by atomic mass is 35.5. The SMILES string of the molecule is COc1ccc(CC(C)C(=O)Nc2cc(C(F)(F)F)ccc2Cl)cc1OC. The number of benzene rings is 2. The smallest absolute Gasteiger partial charge is 0.416 e. The number of halogens is 4. The average Bonchev–Trinajstić information content (AvgIpc) is 2.62. The lowest BCUT2D eigenvalue weighted by Gasteiger charge is -2.16. The highest BCUT2D eigenvalue weighted by molar-refractivity contribution is 6.33. The first kappa shape index (κ1) is 20.9. The Bertz CT molecular complexity index is 824. The minimum absolute atomic E-state index is 0.0367. The molecule has 0 heterocycles. The van der Waals surface area contributed by atoms with Gasteiger partial charge in [0.2, 0.25) is 5.91 Å². The summed E-state index contributed by atoms with van der Waals surface area (Å²) in [5.74, 6) is 0.150. The zero-order chi connectivity index (χ0) is 20.2. The first-order chi connectivity index (χ1) is 12.7. The van der Waals surface area contributed by atoms with Crippen molar-refractivity contribution in [3.8, 4) is 11.5 Å². The number of anilines is 1. The molecule has 146 valence electrons. The van der Waals surface area contributed by atoms with Gasteiger partial charge in [0.25, 0.3) is 0 Å². The van der Waals surface area contributed by atoms with Gasteiger partial charge >= 0.3 is 6.18 Å². The predicted octanol–water partition coefficient (Wildman–Crippen LogP) is 5.19. The monoisotopic (exact) mass is 401 g/mol. The van der Waals surface area contributed by atoms with Crippen molar-refractivity contribution in [3.05, 3.63) is 52.5 Å². The van der Waals surface area contributed by atoms with Crippen molar-refractivity contribution in [1.29, 1.82) is 0 Å². The van der Waals surface area contributed by atoms with E-state index in [1.165, 1.54) is 14.2 Å². The highest BCUT2D eigenvalue weighted by Gasteiger charge is 2.31. The Morgan fingerprint density at radius 3 is 2.37 bits per heavy atom. The first-order valence-corrected chi connectivity index (χ1v) is 8.42. The first-order valence-electron chi connectivity index (χ1n) is 8.04. The molecule has 27 heavy (non-hydrogen) atoms. The molecule has 0 spiro atoms. The van der Waals surface area contributed by atoms with E-state index in [1.807, 2.05) is 0 Å². The molecular formula is C19H19ClF3NO3. The van der Waals surface area contributed by atoms with Crippen molar-refractivity contribution in [3.63, 3.8) is 0 Å². The zero-order valence-electron chi connectivity index (χ0n) is 15.0. The van der Waals surface area contributed by atoms with Crippen LogP contribution in [-0.4, -0.2) is 20.1 Å². The molecule has 0 saturated heterocycles. The number of hydrogen-bond acceptors (Lipinski definition) is 3. The molecule has 0 aliphatic rings. The van der Waals surface area contributed by atoms with Gasteiger partial charge in [-0.05, 0) is 42.3 Å². The topological polar surface area (TPSA) is 47.6 Å². The summed E-state index contributed by atoms with van der Waals surface area (Å²) in [7, 11) is 3.03. The molecule has 0 aliphatic heterocycles. The van der Waals surface area contributed by atoms with Crippen LogP contribution in [0.25, 0.3) is 0 Å². The van der Waals surface area contributed by atoms with Gasteiger partial charge in [0.1, 0.15) is 0 Å². The molecule has 0 bridgehead atoms. The van der Waals surface area contributed by atoms with E-state index < -0.39 is 23.6 Å². The fraction of sp³-hybridized carbons (Fsp3) is 0.316. The van der Waals surface area contributed by atoms with Crippen LogP contribution < -0.4 is 14.8 Å². The lowest BCUT2D eigenvalue weighted by atomic mass is 9.99. The fourth-order valence-electron chi connectivity index (χ4n) is 2.51. The van der Waals surface area contributed by atoms with Gasteiger partial charge in [0.15, 0.2) is 11.5 Å². The van der Waals surface area contributed by atoms with Gasteiger partial charge < -0.3 is 14.8 Å². The number of amides is 1. The molecule has 0 aromatic heterocycles. The summed E-state index contributed by atoms with van der Waals surface area (Å²) in [6.07, 6.45) is -4.15. The quantitative estimate of drug-likeness (QED) is 0.724. The average molecular weight is 402 g/mol. The van der Waals surface area contributed by atoms with Crippen LogP contribution in [0.1, 0.15) is 18.1 Å². The van der Waals surface area contributed by atoms with Crippen LogP contribution in [0.2, 0.25) is 5.02 Å². The van der Waals surface area contributed by atoms with Gasteiger partial charge in [-0.25, -0.2) is 0 Å². The largest absolute Gasteiger partial charge is 0.493 e. The van der Waals surface area contributed by atoms with Crippen molar-refractivity contribution < 1.29 is 27.4 Å². The molecule has 1 unspecified atom stereocenters. The van der Waals surface area contributed by atoms with Crippen LogP contribution >= 0.6 is 11.6 Å². The van der Waals surface area contributed by atoms with Crippen LogP contribution in [0.3, 0.4) is 0 Å². The maximum atomic E-state index is 12.8. The minimum atomic E-state index is -4.52. The van der Waals surface area contributed by atoms with Gasteiger partial charge in [-0.3, -0.25) is 4.79 Å².